The molecule has 0 radical (unpaired) electrons. The van der Waals surface area contributed by atoms with Crippen molar-refractivity contribution in [3.8, 4) is 5.75 Å². The van der Waals surface area contributed by atoms with Crippen molar-refractivity contribution in [3.63, 3.8) is 0 Å². The zero-order chi connectivity index (χ0) is 14.5. The molecule has 0 bridgehead atoms. The Morgan fingerprint density at radius 2 is 2.25 bits per heavy atom. The van der Waals surface area contributed by atoms with E-state index in [1.54, 1.807) is 24.3 Å². The molecule has 108 valence electrons. The molecule has 1 amide bonds. The van der Waals surface area contributed by atoms with Crippen LogP contribution in [0.5, 0.6) is 5.75 Å². The van der Waals surface area contributed by atoms with Crippen molar-refractivity contribution in [2.24, 2.45) is 11.8 Å². The number of rotatable bonds is 5. The average molecular weight is 278 g/mol. The molecule has 6 heteroatoms. The SMILES string of the molecule is C[C@@H]1CNC[C@H]1C(=O)Nc1cccc(OCC(=O)O)c1. The Hall–Kier alpha value is -2.08. The van der Waals surface area contributed by atoms with Gasteiger partial charge >= 0.3 is 5.97 Å². The van der Waals surface area contributed by atoms with Crippen LogP contribution in [0, 0.1) is 11.8 Å². The summed E-state index contributed by atoms with van der Waals surface area (Å²) in [6.07, 6.45) is 0. The Morgan fingerprint density at radius 3 is 2.90 bits per heavy atom. The predicted molar refractivity (Wildman–Crippen MR) is 73.7 cm³/mol. The van der Waals surface area contributed by atoms with Crippen LogP contribution in [0.1, 0.15) is 6.92 Å². The molecule has 1 aliphatic heterocycles. The maximum Gasteiger partial charge on any atom is 0.341 e. The lowest BCUT2D eigenvalue weighted by Gasteiger charge is -2.14. The Labute approximate surface area is 117 Å². The summed E-state index contributed by atoms with van der Waals surface area (Å²) in [5, 5.41) is 14.6. The Kier molecular flexibility index (Phi) is 4.57. The molecule has 3 N–H and O–H groups in total. The second-order valence-electron chi connectivity index (χ2n) is 4.94. The Morgan fingerprint density at radius 1 is 1.45 bits per heavy atom. The van der Waals surface area contributed by atoms with Crippen LogP contribution in [-0.4, -0.2) is 36.7 Å². The van der Waals surface area contributed by atoms with Crippen LogP contribution in [0.2, 0.25) is 0 Å². The third-order valence-electron chi connectivity index (χ3n) is 3.32. The summed E-state index contributed by atoms with van der Waals surface area (Å²) in [6, 6.07) is 6.73. The molecule has 1 heterocycles. The minimum atomic E-state index is -1.04. The van der Waals surface area contributed by atoms with Crippen LogP contribution in [0.15, 0.2) is 24.3 Å². The van der Waals surface area contributed by atoms with E-state index in [9.17, 15) is 9.59 Å². The smallest absolute Gasteiger partial charge is 0.341 e. The third kappa shape index (κ3) is 3.71. The molecular weight excluding hydrogens is 260 g/mol. The summed E-state index contributed by atoms with van der Waals surface area (Å²) in [5.41, 5.74) is 0.608. The van der Waals surface area contributed by atoms with Gasteiger partial charge in [0.05, 0.1) is 5.92 Å². The molecule has 2 rings (SSSR count). The summed E-state index contributed by atoms with van der Waals surface area (Å²) in [7, 11) is 0. The molecule has 1 aromatic carbocycles. The highest BCUT2D eigenvalue weighted by atomic mass is 16.5. The minimum absolute atomic E-state index is 0.0297. The number of anilines is 1. The second-order valence-corrected chi connectivity index (χ2v) is 4.94. The topological polar surface area (TPSA) is 87.7 Å². The first kappa shape index (κ1) is 14.3. The van der Waals surface area contributed by atoms with Gasteiger partial charge in [-0.05, 0) is 24.6 Å². The maximum absolute atomic E-state index is 12.1. The molecule has 6 nitrogen and oxygen atoms in total. The van der Waals surface area contributed by atoms with Crippen LogP contribution in [0.4, 0.5) is 5.69 Å². The largest absolute Gasteiger partial charge is 0.482 e. The van der Waals surface area contributed by atoms with Crippen molar-refractivity contribution in [2.45, 2.75) is 6.92 Å². The van der Waals surface area contributed by atoms with Gasteiger partial charge in [-0.25, -0.2) is 4.79 Å². The van der Waals surface area contributed by atoms with Crippen LogP contribution in [0.3, 0.4) is 0 Å². The van der Waals surface area contributed by atoms with Crippen molar-refractivity contribution in [3.05, 3.63) is 24.3 Å². The number of carbonyl (C=O) groups is 2. The quantitative estimate of drug-likeness (QED) is 0.746. The normalized spacial score (nSPS) is 21.4. The van der Waals surface area contributed by atoms with E-state index < -0.39 is 12.6 Å². The van der Waals surface area contributed by atoms with E-state index in [2.05, 4.69) is 10.6 Å². The molecule has 2 atom stereocenters. The van der Waals surface area contributed by atoms with Crippen LogP contribution < -0.4 is 15.4 Å². The lowest BCUT2D eigenvalue weighted by atomic mass is 9.97. The first-order valence-corrected chi connectivity index (χ1v) is 6.52. The average Bonchev–Trinajstić information content (AvgIpc) is 2.83. The molecule has 0 unspecified atom stereocenters. The molecule has 0 saturated carbocycles. The monoisotopic (exact) mass is 278 g/mol. The van der Waals surface area contributed by atoms with E-state index in [0.717, 1.165) is 6.54 Å². The summed E-state index contributed by atoms with van der Waals surface area (Å²) in [6.45, 7) is 3.17. The highest BCUT2D eigenvalue weighted by molar-refractivity contribution is 5.93. The van der Waals surface area contributed by atoms with Gasteiger partial charge in [-0.1, -0.05) is 13.0 Å². The van der Waals surface area contributed by atoms with Crippen molar-refractivity contribution in [1.29, 1.82) is 0 Å². The van der Waals surface area contributed by atoms with Gasteiger partial charge in [0.2, 0.25) is 5.91 Å². The molecule has 1 aromatic rings. The van der Waals surface area contributed by atoms with Crippen molar-refractivity contribution < 1.29 is 19.4 Å². The van der Waals surface area contributed by atoms with Crippen LogP contribution in [0.25, 0.3) is 0 Å². The molecular formula is C14H18N2O4. The van der Waals surface area contributed by atoms with E-state index in [1.165, 1.54) is 0 Å². The van der Waals surface area contributed by atoms with Gasteiger partial charge in [-0.15, -0.1) is 0 Å². The number of carbonyl (C=O) groups excluding carboxylic acids is 1. The number of benzene rings is 1. The van der Waals surface area contributed by atoms with E-state index in [-0.39, 0.29) is 11.8 Å². The third-order valence-corrected chi connectivity index (χ3v) is 3.32. The Bertz CT molecular complexity index is 504. The van der Waals surface area contributed by atoms with Crippen LogP contribution in [-0.2, 0) is 9.59 Å². The van der Waals surface area contributed by atoms with Crippen molar-refractivity contribution in [2.75, 3.05) is 25.0 Å². The number of hydrogen-bond donors (Lipinski definition) is 3. The molecule has 1 fully saturated rings. The first-order valence-electron chi connectivity index (χ1n) is 6.52. The number of ether oxygens (including phenoxy) is 1. The van der Waals surface area contributed by atoms with Gasteiger partial charge in [0.1, 0.15) is 5.75 Å². The van der Waals surface area contributed by atoms with E-state index in [1.807, 2.05) is 6.92 Å². The van der Waals surface area contributed by atoms with Gasteiger partial charge < -0.3 is 20.5 Å². The highest BCUT2D eigenvalue weighted by Crippen LogP contribution is 2.21. The summed E-state index contributed by atoms with van der Waals surface area (Å²) in [5.74, 6) is -0.383. The number of carboxylic acids is 1. The molecule has 0 aromatic heterocycles. The van der Waals surface area contributed by atoms with Gasteiger partial charge in [0.25, 0.3) is 0 Å². The second kappa shape index (κ2) is 6.38. The van der Waals surface area contributed by atoms with Crippen molar-refractivity contribution >= 4 is 17.6 Å². The van der Waals surface area contributed by atoms with Gasteiger partial charge in [0, 0.05) is 18.3 Å². The minimum Gasteiger partial charge on any atom is -0.482 e. The number of hydrogen-bond acceptors (Lipinski definition) is 4. The fourth-order valence-electron chi connectivity index (χ4n) is 2.20. The Balaban J connectivity index is 1.96. The lowest BCUT2D eigenvalue weighted by Crippen LogP contribution is -2.27. The summed E-state index contributed by atoms with van der Waals surface area (Å²) in [4.78, 5) is 22.6. The summed E-state index contributed by atoms with van der Waals surface area (Å²) < 4.78 is 5.07. The molecule has 1 aliphatic rings. The van der Waals surface area contributed by atoms with E-state index in [0.29, 0.717) is 23.9 Å². The highest BCUT2D eigenvalue weighted by Gasteiger charge is 2.29. The molecule has 20 heavy (non-hydrogen) atoms. The standard InChI is InChI=1S/C14H18N2O4/c1-9-6-15-7-12(9)14(19)16-10-3-2-4-11(5-10)20-8-13(17)18/h2-5,9,12,15H,6-8H2,1H3,(H,16,19)(H,17,18)/t9-,12-/m1/s1. The van der Waals surface area contributed by atoms with E-state index >= 15 is 0 Å². The zero-order valence-corrected chi connectivity index (χ0v) is 11.3. The lowest BCUT2D eigenvalue weighted by molar-refractivity contribution is -0.139. The molecule has 0 aliphatic carbocycles. The molecule has 0 spiro atoms. The fraction of sp³-hybridized carbons (Fsp3) is 0.429. The number of nitrogens with one attached hydrogen (secondary N) is 2. The number of aliphatic carboxylic acids is 1. The number of amides is 1. The van der Waals surface area contributed by atoms with Gasteiger partial charge in [0.15, 0.2) is 6.61 Å². The fourth-order valence-corrected chi connectivity index (χ4v) is 2.20. The zero-order valence-electron chi connectivity index (χ0n) is 11.3. The summed E-state index contributed by atoms with van der Waals surface area (Å²) >= 11 is 0. The van der Waals surface area contributed by atoms with Crippen LogP contribution >= 0.6 is 0 Å². The maximum atomic E-state index is 12.1. The van der Waals surface area contributed by atoms with Gasteiger partial charge in [-0.3, -0.25) is 4.79 Å². The predicted octanol–water partition coefficient (Wildman–Crippen LogP) is 0.944. The van der Waals surface area contributed by atoms with Crippen molar-refractivity contribution in [1.82, 2.24) is 5.32 Å². The van der Waals surface area contributed by atoms with Gasteiger partial charge in [-0.2, -0.15) is 0 Å². The molecule has 1 saturated heterocycles. The number of carboxylic acid groups (broad SMARTS) is 1. The first-order chi connectivity index (χ1) is 9.56. The van der Waals surface area contributed by atoms with E-state index in [4.69, 9.17) is 9.84 Å².